The second-order valence-corrected chi connectivity index (χ2v) is 3.80. The Labute approximate surface area is 97.6 Å². The monoisotopic (exact) mass is 223 g/mol. The summed E-state index contributed by atoms with van der Waals surface area (Å²) in [5.41, 5.74) is 7.75. The highest BCUT2D eigenvalue weighted by atomic mass is 16.5. The van der Waals surface area contributed by atoms with Gasteiger partial charge in [-0.25, -0.2) is 0 Å². The van der Waals surface area contributed by atoms with Crippen molar-refractivity contribution in [2.75, 3.05) is 32.7 Å². The van der Waals surface area contributed by atoms with Gasteiger partial charge < -0.3 is 15.2 Å². The Bertz CT molecular complexity index is 272. The van der Waals surface area contributed by atoms with Crippen LogP contribution in [0.1, 0.15) is 18.4 Å². The predicted octanol–water partition coefficient (Wildman–Crippen LogP) is 2.25. The Hall–Kier alpha value is -1.06. The molecule has 0 fully saturated rings. The van der Waals surface area contributed by atoms with Crippen LogP contribution in [0.5, 0.6) is 0 Å². The summed E-state index contributed by atoms with van der Waals surface area (Å²) in [7, 11) is 1.71. The SMILES string of the molecule is COCCCOCCCc1ccc(N)cc1. The van der Waals surface area contributed by atoms with Crippen molar-refractivity contribution in [3.8, 4) is 0 Å². The summed E-state index contributed by atoms with van der Waals surface area (Å²) in [6, 6.07) is 8.02. The van der Waals surface area contributed by atoms with E-state index in [9.17, 15) is 0 Å². The van der Waals surface area contributed by atoms with Gasteiger partial charge in [0, 0.05) is 32.6 Å². The molecule has 2 N–H and O–H groups in total. The molecule has 0 saturated heterocycles. The van der Waals surface area contributed by atoms with Gasteiger partial charge in [-0.15, -0.1) is 0 Å². The van der Waals surface area contributed by atoms with Crippen molar-refractivity contribution < 1.29 is 9.47 Å². The summed E-state index contributed by atoms with van der Waals surface area (Å²) >= 11 is 0. The molecule has 0 spiro atoms. The molecule has 0 saturated carbocycles. The molecule has 0 amide bonds. The van der Waals surface area contributed by atoms with Gasteiger partial charge in [-0.3, -0.25) is 0 Å². The van der Waals surface area contributed by atoms with Crippen molar-refractivity contribution in [2.24, 2.45) is 0 Å². The third-order valence-corrected chi connectivity index (χ3v) is 2.37. The highest BCUT2D eigenvalue weighted by Gasteiger charge is 1.94. The zero-order valence-corrected chi connectivity index (χ0v) is 9.95. The Balaban J connectivity index is 2.01. The molecule has 0 aliphatic carbocycles. The van der Waals surface area contributed by atoms with Gasteiger partial charge in [0.05, 0.1) is 0 Å². The predicted molar refractivity (Wildman–Crippen MR) is 66.5 cm³/mol. The highest BCUT2D eigenvalue weighted by Crippen LogP contribution is 2.07. The van der Waals surface area contributed by atoms with Crippen LogP contribution in [0.3, 0.4) is 0 Å². The van der Waals surface area contributed by atoms with Crippen LogP contribution in [0.2, 0.25) is 0 Å². The Morgan fingerprint density at radius 2 is 1.69 bits per heavy atom. The average Bonchev–Trinajstić information content (AvgIpc) is 2.30. The van der Waals surface area contributed by atoms with E-state index in [1.54, 1.807) is 7.11 Å². The minimum absolute atomic E-state index is 0.776. The van der Waals surface area contributed by atoms with E-state index < -0.39 is 0 Å². The number of anilines is 1. The molecule has 0 unspecified atom stereocenters. The lowest BCUT2D eigenvalue weighted by Gasteiger charge is -2.04. The molecular formula is C13H21NO2. The minimum atomic E-state index is 0.776. The minimum Gasteiger partial charge on any atom is -0.399 e. The Kier molecular flexibility index (Phi) is 6.61. The molecule has 16 heavy (non-hydrogen) atoms. The summed E-state index contributed by atoms with van der Waals surface area (Å²) in [6.45, 7) is 2.38. The molecular weight excluding hydrogens is 202 g/mol. The van der Waals surface area contributed by atoms with Gasteiger partial charge in [0.1, 0.15) is 0 Å². The summed E-state index contributed by atoms with van der Waals surface area (Å²) in [6.07, 6.45) is 3.07. The number of hydrogen-bond acceptors (Lipinski definition) is 3. The summed E-state index contributed by atoms with van der Waals surface area (Å²) in [4.78, 5) is 0. The Morgan fingerprint density at radius 3 is 2.38 bits per heavy atom. The number of rotatable bonds is 8. The maximum absolute atomic E-state index is 5.61. The van der Waals surface area contributed by atoms with Crippen LogP contribution in [0, 0.1) is 0 Å². The van der Waals surface area contributed by atoms with Gasteiger partial charge in [-0.05, 0) is 37.0 Å². The standard InChI is InChI=1S/C13H21NO2/c1-15-9-3-11-16-10-2-4-12-5-7-13(14)8-6-12/h5-8H,2-4,9-11,14H2,1H3. The van der Waals surface area contributed by atoms with E-state index in [4.69, 9.17) is 15.2 Å². The first kappa shape index (κ1) is 13.0. The van der Waals surface area contributed by atoms with Crippen LogP contribution in [-0.4, -0.2) is 26.9 Å². The number of methoxy groups -OCH3 is 1. The van der Waals surface area contributed by atoms with Gasteiger partial charge in [0.2, 0.25) is 0 Å². The van der Waals surface area contributed by atoms with Crippen molar-refractivity contribution in [3.63, 3.8) is 0 Å². The fourth-order valence-corrected chi connectivity index (χ4v) is 1.47. The molecule has 1 rings (SSSR count). The quantitative estimate of drug-likeness (QED) is 0.543. The molecule has 0 bridgehead atoms. The second kappa shape index (κ2) is 8.13. The molecule has 1 aromatic carbocycles. The van der Waals surface area contributed by atoms with E-state index >= 15 is 0 Å². The maximum atomic E-state index is 5.61. The largest absolute Gasteiger partial charge is 0.399 e. The van der Waals surface area contributed by atoms with Crippen molar-refractivity contribution in [1.82, 2.24) is 0 Å². The number of nitrogens with two attached hydrogens (primary N) is 1. The van der Waals surface area contributed by atoms with Gasteiger partial charge in [0.25, 0.3) is 0 Å². The van der Waals surface area contributed by atoms with E-state index in [0.29, 0.717) is 0 Å². The summed E-state index contributed by atoms with van der Waals surface area (Å²) in [5, 5.41) is 0. The van der Waals surface area contributed by atoms with Crippen molar-refractivity contribution in [1.29, 1.82) is 0 Å². The normalized spacial score (nSPS) is 10.6. The van der Waals surface area contributed by atoms with E-state index in [0.717, 1.165) is 44.8 Å². The Morgan fingerprint density at radius 1 is 1.00 bits per heavy atom. The zero-order chi connectivity index (χ0) is 11.6. The number of nitrogen functional groups attached to an aromatic ring is 1. The topological polar surface area (TPSA) is 44.5 Å². The molecule has 0 radical (unpaired) electrons. The second-order valence-electron chi connectivity index (χ2n) is 3.80. The fraction of sp³-hybridized carbons (Fsp3) is 0.538. The summed E-state index contributed by atoms with van der Waals surface area (Å²) < 4.78 is 10.4. The molecule has 0 heterocycles. The molecule has 1 aromatic rings. The van der Waals surface area contributed by atoms with E-state index in [1.165, 1.54) is 5.56 Å². The van der Waals surface area contributed by atoms with Crippen LogP contribution in [0.15, 0.2) is 24.3 Å². The molecule has 90 valence electrons. The van der Waals surface area contributed by atoms with E-state index in [-0.39, 0.29) is 0 Å². The molecule has 0 aliphatic heterocycles. The maximum Gasteiger partial charge on any atom is 0.0487 e. The highest BCUT2D eigenvalue weighted by molar-refractivity contribution is 5.39. The molecule has 0 aliphatic rings. The molecule has 3 nitrogen and oxygen atoms in total. The van der Waals surface area contributed by atoms with Crippen LogP contribution >= 0.6 is 0 Å². The van der Waals surface area contributed by atoms with E-state index in [1.807, 2.05) is 12.1 Å². The lowest BCUT2D eigenvalue weighted by Crippen LogP contribution is -2.01. The smallest absolute Gasteiger partial charge is 0.0487 e. The molecule has 3 heteroatoms. The van der Waals surface area contributed by atoms with Gasteiger partial charge in [0.15, 0.2) is 0 Å². The van der Waals surface area contributed by atoms with Gasteiger partial charge in [-0.2, -0.15) is 0 Å². The number of ether oxygens (including phenoxy) is 2. The van der Waals surface area contributed by atoms with Gasteiger partial charge >= 0.3 is 0 Å². The first-order valence-corrected chi connectivity index (χ1v) is 5.74. The number of aryl methyl sites for hydroxylation is 1. The molecule has 0 atom stereocenters. The first-order valence-electron chi connectivity index (χ1n) is 5.74. The molecule has 0 aromatic heterocycles. The van der Waals surface area contributed by atoms with Crippen molar-refractivity contribution in [3.05, 3.63) is 29.8 Å². The lowest BCUT2D eigenvalue weighted by atomic mass is 10.1. The fourth-order valence-electron chi connectivity index (χ4n) is 1.47. The number of benzene rings is 1. The van der Waals surface area contributed by atoms with Crippen molar-refractivity contribution >= 4 is 5.69 Å². The lowest BCUT2D eigenvalue weighted by molar-refractivity contribution is 0.101. The van der Waals surface area contributed by atoms with E-state index in [2.05, 4.69) is 12.1 Å². The van der Waals surface area contributed by atoms with Crippen LogP contribution in [0.4, 0.5) is 5.69 Å². The average molecular weight is 223 g/mol. The summed E-state index contributed by atoms with van der Waals surface area (Å²) in [5.74, 6) is 0. The third kappa shape index (κ3) is 5.73. The van der Waals surface area contributed by atoms with Crippen molar-refractivity contribution in [2.45, 2.75) is 19.3 Å². The number of hydrogen-bond donors (Lipinski definition) is 1. The zero-order valence-electron chi connectivity index (χ0n) is 9.95. The first-order chi connectivity index (χ1) is 7.83. The van der Waals surface area contributed by atoms with Crippen LogP contribution in [0.25, 0.3) is 0 Å². The third-order valence-electron chi connectivity index (χ3n) is 2.37. The van der Waals surface area contributed by atoms with Gasteiger partial charge in [-0.1, -0.05) is 12.1 Å². The van der Waals surface area contributed by atoms with Crippen LogP contribution in [-0.2, 0) is 15.9 Å². The van der Waals surface area contributed by atoms with Crippen LogP contribution < -0.4 is 5.73 Å².